The van der Waals surface area contributed by atoms with Crippen molar-refractivity contribution in [2.75, 3.05) is 25.1 Å². The van der Waals surface area contributed by atoms with E-state index in [0.29, 0.717) is 12.6 Å². The summed E-state index contributed by atoms with van der Waals surface area (Å²) in [5.41, 5.74) is 0. The molecule has 1 aliphatic rings. The summed E-state index contributed by atoms with van der Waals surface area (Å²) < 4.78 is 0. The molecule has 0 aliphatic carbocycles. The highest BCUT2D eigenvalue weighted by molar-refractivity contribution is 7.99. The van der Waals surface area contributed by atoms with E-state index in [0.717, 1.165) is 5.75 Å². The van der Waals surface area contributed by atoms with Crippen LogP contribution in [0.3, 0.4) is 0 Å². The van der Waals surface area contributed by atoms with E-state index in [4.69, 9.17) is 5.11 Å². The van der Waals surface area contributed by atoms with Gasteiger partial charge in [-0.2, -0.15) is 11.8 Å². The average molecular weight is 189 g/mol. The van der Waals surface area contributed by atoms with E-state index in [-0.39, 0.29) is 6.42 Å². The first-order chi connectivity index (χ1) is 5.70. The van der Waals surface area contributed by atoms with Crippen LogP contribution < -0.4 is 0 Å². The maximum atomic E-state index is 10.3. The third-order valence-corrected chi connectivity index (χ3v) is 3.35. The summed E-state index contributed by atoms with van der Waals surface area (Å²) in [7, 11) is 2.01. The van der Waals surface area contributed by atoms with Gasteiger partial charge >= 0.3 is 5.97 Å². The molecule has 1 saturated heterocycles. The van der Waals surface area contributed by atoms with Gasteiger partial charge in [0, 0.05) is 18.3 Å². The largest absolute Gasteiger partial charge is 0.481 e. The summed E-state index contributed by atoms with van der Waals surface area (Å²) in [5, 5.41) is 8.47. The highest BCUT2D eigenvalue weighted by Crippen LogP contribution is 2.21. The summed E-state index contributed by atoms with van der Waals surface area (Å²) >= 11 is 1.96. The van der Waals surface area contributed by atoms with E-state index in [9.17, 15) is 4.79 Å². The summed E-state index contributed by atoms with van der Waals surface area (Å²) in [6, 6.07) is 0.606. The topological polar surface area (TPSA) is 40.5 Å². The van der Waals surface area contributed by atoms with Crippen molar-refractivity contribution in [3.63, 3.8) is 0 Å². The van der Waals surface area contributed by atoms with E-state index in [1.807, 2.05) is 18.8 Å². The SMILES string of the molecule is CN(CCC(=O)O)C1CCSC1. The van der Waals surface area contributed by atoms with Crippen LogP contribution in [0.4, 0.5) is 0 Å². The number of nitrogens with zero attached hydrogens (tertiary/aromatic N) is 1. The molecule has 4 heteroatoms. The summed E-state index contributed by atoms with van der Waals surface area (Å²) in [6.45, 7) is 0.681. The maximum absolute atomic E-state index is 10.3. The summed E-state index contributed by atoms with van der Waals surface area (Å²) in [4.78, 5) is 12.4. The molecule has 70 valence electrons. The van der Waals surface area contributed by atoms with Crippen LogP contribution in [0, 0.1) is 0 Å². The van der Waals surface area contributed by atoms with Gasteiger partial charge in [0.05, 0.1) is 6.42 Å². The second-order valence-electron chi connectivity index (χ2n) is 3.14. The van der Waals surface area contributed by atoms with Crippen molar-refractivity contribution < 1.29 is 9.90 Å². The first kappa shape index (κ1) is 9.86. The van der Waals surface area contributed by atoms with E-state index >= 15 is 0 Å². The third kappa shape index (κ3) is 3.03. The van der Waals surface area contributed by atoms with Crippen LogP contribution in [-0.2, 0) is 4.79 Å². The Hall–Kier alpha value is -0.220. The molecule has 1 unspecified atom stereocenters. The van der Waals surface area contributed by atoms with Crippen LogP contribution >= 0.6 is 11.8 Å². The minimum Gasteiger partial charge on any atom is -0.481 e. The second-order valence-corrected chi connectivity index (χ2v) is 4.29. The van der Waals surface area contributed by atoms with Gasteiger partial charge in [0.15, 0.2) is 0 Å². The number of hydrogen-bond donors (Lipinski definition) is 1. The molecule has 3 nitrogen and oxygen atoms in total. The van der Waals surface area contributed by atoms with Crippen molar-refractivity contribution in [1.82, 2.24) is 4.90 Å². The zero-order chi connectivity index (χ0) is 8.97. The van der Waals surface area contributed by atoms with Gasteiger partial charge in [0.1, 0.15) is 0 Å². The molecule has 0 saturated carbocycles. The lowest BCUT2D eigenvalue weighted by molar-refractivity contribution is -0.137. The lowest BCUT2D eigenvalue weighted by Crippen LogP contribution is -2.33. The highest BCUT2D eigenvalue weighted by Gasteiger charge is 2.19. The predicted molar refractivity (Wildman–Crippen MR) is 50.6 cm³/mol. The Morgan fingerprint density at radius 1 is 1.75 bits per heavy atom. The monoisotopic (exact) mass is 189 g/mol. The zero-order valence-electron chi connectivity index (χ0n) is 7.32. The van der Waals surface area contributed by atoms with Gasteiger partial charge in [0.25, 0.3) is 0 Å². The Bertz CT molecular complexity index is 157. The molecule has 1 N–H and O–H groups in total. The molecule has 0 bridgehead atoms. The normalized spacial score (nSPS) is 23.3. The van der Waals surface area contributed by atoms with E-state index < -0.39 is 5.97 Å². The smallest absolute Gasteiger partial charge is 0.304 e. The van der Waals surface area contributed by atoms with E-state index in [2.05, 4.69) is 4.90 Å². The van der Waals surface area contributed by atoms with Crippen molar-refractivity contribution in [1.29, 1.82) is 0 Å². The fraction of sp³-hybridized carbons (Fsp3) is 0.875. The molecule has 0 aromatic heterocycles. The summed E-state index contributed by atoms with van der Waals surface area (Å²) in [6.07, 6.45) is 1.47. The van der Waals surface area contributed by atoms with Gasteiger partial charge in [-0.3, -0.25) is 4.79 Å². The Morgan fingerprint density at radius 3 is 3.00 bits per heavy atom. The first-order valence-corrected chi connectivity index (χ1v) is 5.35. The lowest BCUT2D eigenvalue weighted by atomic mass is 10.2. The van der Waals surface area contributed by atoms with Gasteiger partial charge in [-0.15, -0.1) is 0 Å². The van der Waals surface area contributed by atoms with E-state index in [1.54, 1.807) is 0 Å². The molecule has 1 fully saturated rings. The molecule has 1 atom stereocenters. The molecular formula is C8H15NO2S. The molecule has 0 aromatic carbocycles. The molecule has 12 heavy (non-hydrogen) atoms. The maximum Gasteiger partial charge on any atom is 0.304 e. The standard InChI is InChI=1S/C8H15NO2S/c1-9(4-2-8(10)11)7-3-5-12-6-7/h7H,2-6H2,1H3,(H,10,11). The average Bonchev–Trinajstić information content (AvgIpc) is 2.51. The third-order valence-electron chi connectivity index (χ3n) is 2.21. The first-order valence-electron chi connectivity index (χ1n) is 4.20. The molecule has 1 heterocycles. The van der Waals surface area contributed by atoms with Gasteiger partial charge in [-0.1, -0.05) is 0 Å². The number of carboxylic acids is 1. The van der Waals surface area contributed by atoms with Crippen molar-refractivity contribution in [2.45, 2.75) is 18.9 Å². The Morgan fingerprint density at radius 2 is 2.50 bits per heavy atom. The van der Waals surface area contributed by atoms with Crippen LogP contribution in [0.15, 0.2) is 0 Å². The molecule has 0 radical (unpaired) electrons. The Labute approximate surface area is 77.1 Å². The number of carbonyl (C=O) groups is 1. The number of hydrogen-bond acceptors (Lipinski definition) is 3. The molecule has 0 spiro atoms. The van der Waals surface area contributed by atoms with Crippen molar-refractivity contribution in [3.05, 3.63) is 0 Å². The number of thioether (sulfide) groups is 1. The second kappa shape index (κ2) is 4.72. The fourth-order valence-electron chi connectivity index (χ4n) is 1.32. The zero-order valence-corrected chi connectivity index (χ0v) is 8.14. The van der Waals surface area contributed by atoms with Gasteiger partial charge in [0.2, 0.25) is 0 Å². The van der Waals surface area contributed by atoms with Crippen LogP contribution in [0.2, 0.25) is 0 Å². The van der Waals surface area contributed by atoms with Crippen LogP contribution in [0.25, 0.3) is 0 Å². The van der Waals surface area contributed by atoms with E-state index in [1.165, 1.54) is 12.2 Å². The quantitative estimate of drug-likeness (QED) is 0.713. The molecule has 1 aliphatic heterocycles. The molecule has 1 rings (SSSR count). The fourth-order valence-corrected chi connectivity index (χ4v) is 2.62. The van der Waals surface area contributed by atoms with Gasteiger partial charge < -0.3 is 10.0 Å². The number of aliphatic carboxylic acids is 1. The minimum absolute atomic E-state index is 0.262. The van der Waals surface area contributed by atoms with Crippen LogP contribution in [0.5, 0.6) is 0 Å². The Balaban J connectivity index is 2.17. The Kier molecular flexibility index (Phi) is 3.88. The van der Waals surface area contributed by atoms with Gasteiger partial charge in [-0.25, -0.2) is 0 Å². The number of carboxylic acid groups (broad SMARTS) is 1. The number of rotatable bonds is 4. The van der Waals surface area contributed by atoms with Gasteiger partial charge in [-0.05, 0) is 19.2 Å². The predicted octanol–water partition coefficient (Wildman–Crippen LogP) is 0.898. The molecule has 0 aromatic rings. The molecule has 0 amide bonds. The lowest BCUT2D eigenvalue weighted by Gasteiger charge is -2.22. The molecular weight excluding hydrogens is 174 g/mol. The highest BCUT2D eigenvalue weighted by atomic mass is 32.2. The van der Waals surface area contributed by atoms with Crippen molar-refractivity contribution >= 4 is 17.7 Å². The van der Waals surface area contributed by atoms with Crippen LogP contribution in [-0.4, -0.2) is 47.1 Å². The minimum atomic E-state index is -0.701. The van der Waals surface area contributed by atoms with Crippen LogP contribution in [0.1, 0.15) is 12.8 Å². The summed E-state index contributed by atoms with van der Waals surface area (Å²) in [5.74, 6) is 1.69. The van der Waals surface area contributed by atoms with Crippen molar-refractivity contribution in [2.24, 2.45) is 0 Å². The van der Waals surface area contributed by atoms with Crippen molar-refractivity contribution in [3.8, 4) is 0 Å².